The van der Waals surface area contributed by atoms with Crippen LogP contribution in [0.2, 0.25) is 0 Å². The predicted octanol–water partition coefficient (Wildman–Crippen LogP) is -0.301. The fourth-order valence-corrected chi connectivity index (χ4v) is 2.59. The van der Waals surface area contributed by atoms with Gasteiger partial charge in [0.15, 0.2) is 0 Å². The Morgan fingerprint density at radius 1 is 1.45 bits per heavy atom. The molecule has 0 aromatic carbocycles. The fraction of sp³-hybridized carbons (Fsp3) is 0.846. The number of carbonyl (C=O) groups excluding carboxylic acids is 1. The first-order valence-corrected chi connectivity index (χ1v) is 7.07. The molecule has 20 heavy (non-hydrogen) atoms. The van der Waals surface area contributed by atoms with E-state index in [1.165, 1.54) is 17.7 Å². The van der Waals surface area contributed by atoms with E-state index in [0.29, 0.717) is 12.6 Å². The highest BCUT2D eigenvalue weighted by atomic mass is 16.4. The zero-order valence-electron chi connectivity index (χ0n) is 12.0. The number of likely N-dealkylation sites (tertiary alicyclic amines) is 1. The van der Waals surface area contributed by atoms with Crippen molar-refractivity contribution in [1.29, 1.82) is 0 Å². The smallest absolute Gasteiger partial charge is 0.326 e. The van der Waals surface area contributed by atoms with Crippen LogP contribution in [0.15, 0.2) is 0 Å². The summed E-state index contributed by atoms with van der Waals surface area (Å²) in [4.78, 5) is 26.5. The quantitative estimate of drug-likeness (QED) is 0.645. The van der Waals surface area contributed by atoms with E-state index in [4.69, 9.17) is 5.11 Å². The van der Waals surface area contributed by atoms with E-state index in [1.54, 1.807) is 0 Å². The molecule has 1 aliphatic heterocycles. The second-order valence-electron chi connectivity index (χ2n) is 5.83. The van der Waals surface area contributed by atoms with Gasteiger partial charge in [-0.05, 0) is 26.8 Å². The van der Waals surface area contributed by atoms with Gasteiger partial charge >= 0.3 is 12.0 Å². The van der Waals surface area contributed by atoms with Crippen molar-refractivity contribution < 1.29 is 19.8 Å². The van der Waals surface area contributed by atoms with Crippen molar-refractivity contribution in [2.45, 2.75) is 50.4 Å². The molecule has 0 bridgehead atoms. The first-order valence-electron chi connectivity index (χ1n) is 7.07. The van der Waals surface area contributed by atoms with Crippen LogP contribution in [-0.4, -0.2) is 76.4 Å². The summed E-state index contributed by atoms with van der Waals surface area (Å²) in [6, 6.07) is -0.518. The third-order valence-electron chi connectivity index (χ3n) is 4.19. The number of carboxylic acid groups (broad SMARTS) is 1. The molecule has 2 fully saturated rings. The van der Waals surface area contributed by atoms with E-state index in [0.717, 1.165) is 0 Å². The SMILES string of the molecule is CC(CNC(=O)N1C[C@H](O)C[C@H]1C(=O)O)N(C)C1CC1. The van der Waals surface area contributed by atoms with Gasteiger partial charge in [0.25, 0.3) is 0 Å². The van der Waals surface area contributed by atoms with Crippen molar-refractivity contribution in [3.8, 4) is 0 Å². The number of aliphatic hydroxyl groups excluding tert-OH is 1. The summed E-state index contributed by atoms with van der Waals surface area (Å²) in [6.07, 6.45) is 1.75. The van der Waals surface area contributed by atoms with Gasteiger partial charge in [-0.1, -0.05) is 0 Å². The number of carbonyl (C=O) groups is 2. The summed E-state index contributed by atoms with van der Waals surface area (Å²) in [5, 5.41) is 21.3. The number of amides is 2. The number of aliphatic hydroxyl groups is 1. The molecule has 0 aromatic heterocycles. The van der Waals surface area contributed by atoms with Crippen molar-refractivity contribution in [2.24, 2.45) is 0 Å². The Morgan fingerprint density at radius 2 is 2.10 bits per heavy atom. The third-order valence-corrected chi connectivity index (χ3v) is 4.19. The van der Waals surface area contributed by atoms with Crippen molar-refractivity contribution in [3.63, 3.8) is 0 Å². The Bertz CT molecular complexity index is 386. The predicted molar refractivity (Wildman–Crippen MR) is 72.4 cm³/mol. The van der Waals surface area contributed by atoms with Crippen LogP contribution >= 0.6 is 0 Å². The lowest BCUT2D eigenvalue weighted by Gasteiger charge is -2.27. The molecule has 1 saturated carbocycles. The molecule has 1 heterocycles. The summed E-state index contributed by atoms with van der Waals surface area (Å²) in [5.74, 6) is -1.07. The number of aliphatic carboxylic acids is 1. The summed E-state index contributed by atoms with van der Waals surface area (Å²) in [7, 11) is 2.04. The minimum absolute atomic E-state index is 0.0790. The molecular weight excluding hydrogens is 262 g/mol. The van der Waals surface area contributed by atoms with Gasteiger partial charge in [-0.15, -0.1) is 0 Å². The number of nitrogens with one attached hydrogen (secondary N) is 1. The molecule has 114 valence electrons. The lowest BCUT2D eigenvalue weighted by Crippen LogP contribution is -2.49. The standard InChI is InChI=1S/C13H23N3O4/c1-8(15(2)9-3-4-9)6-14-13(20)16-7-10(17)5-11(16)12(18)19/h8-11,17H,3-7H2,1-2H3,(H,14,20)(H,18,19)/t8?,10-,11+/m1/s1. The topological polar surface area (TPSA) is 93.1 Å². The number of carboxylic acids is 1. The van der Waals surface area contributed by atoms with Crippen molar-refractivity contribution in [3.05, 3.63) is 0 Å². The molecule has 0 spiro atoms. The van der Waals surface area contributed by atoms with Crippen LogP contribution in [0.3, 0.4) is 0 Å². The average Bonchev–Trinajstić information content (AvgIpc) is 3.16. The van der Waals surface area contributed by atoms with Crippen LogP contribution < -0.4 is 5.32 Å². The highest BCUT2D eigenvalue weighted by molar-refractivity contribution is 5.83. The van der Waals surface area contributed by atoms with E-state index in [9.17, 15) is 14.7 Å². The maximum absolute atomic E-state index is 12.0. The highest BCUT2D eigenvalue weighted by Gasteiger charge is 2.39. The lowest BCUT2D eigenvalue weighted by atomic mass is 10.2. The maximum atomic E-state index is 12.0. The summed E-state index contributed by atoms with van der Waals surface area (Å²) in [5.41, 5.74) is 0. The first kappa shape index (κ1) is 15.1. The molecule has 0 radical (unpaired) electrons. The first-order chi connectivity index (χ1) is 9.40. The molecule has 1 unspecified atom stereocenters. The summed E-state index contributed by atoms with van der Waals surface area (Å²) >= 11 is 0. The Labute approximate surface area is 118 Å². The Kier molecular flexibility index (Phi) is 4.49. The zero-order valence-corrected chi connectivity index (χ0v) is 12.0. The van der Waals surface area contributed by atoms with Crippen LogP contribution in [0.1, 0.15) is 26.2 Å². The summed E-state index contributed by atoms with van der Waals surface area (Å²) < 4.78 is 0. The van der Waals surface area contributed by atoms with E-state index < -0.39 is 24.1 Å². The van der Waals surface area contributed by atoms with Crippen molar-refractivity contribution in [1.82, 2.24) is 15.1 Å². The van der Waals surface area contributed by atoms with Crippen LogP contribution in [-0.2, 0) is 4.79 Å². The third kappa shape index (κ3) is 3.40. The maximum Gasteiger partial charge on any atom is 0.326 e. The Morgan fingerprint density at radius 3 is 2.65 bits per heavy atom. The summed E-state index contributed by atoms with van der Waals surface area (Å²) in [6.45, 7) is 2.59. The zero-order chi connectivity index (χ0) is 14.9. The van der Waals surface area contributed by atoms with Gasteiger partial charge < -0.3 is 20.4 Å². The molecule has 3 atom stereocenters. The van der Waals surface area contributed by atoms with Gasteiger partial charge in [-0.2, -0.15) is 0 Å². The second kappa shape index (κ2) is 5.97. The van der Waals surface area contributed by atoms with Crippen molar-refractivity contribution >= 4 is 12.0 Å². The van der Waals surface area contributed by atoms with Crippen molar-refractivity contribution in [2.75, 3.05) is 20.1 Å². The molecular formula is C13H23N3O4. The van der Waals surface area contributed by atoms with E-state index in [1.807, 2.05) is 14.0 Å². The molecule has 2 aliphatic rings. The van der Waals surface area contributed by atoms with E-state index in [2.05, 4.69) is 10.2 Å². The van der Waals surface area contributed by atoms with Gasteiger partial charge in [0.05, 0.1) is 6.10 Å². The number of likely N-dealkylation sites (N-methyl/N-ethyl adjacent to an activating group) is 1. The minimum Gasteiger partial charge on any atom is -0.480 e. The number of nitrogens with zero attached hydrogens (tertiary/aromatic N) is 2. The normalized spacial score (nSPS) is 27.7. The number of urea groups is 1. The number of rotatable bonds is 5. The van der Waals surface area contributed by atoms with Gasteiger partial charge in [-0.3, -0.25) is 4.90 Å². The Balaban J connectivity index is 1.82. The molecule has 1 aliphatic carbocycles. The fourth-order valence-electron chi connectivity index (χ4n) is 2.59. The number of hydrogen-bond donors (Lipinski definition) is 3. The molecule has 3 N–H and O–H groups in total. The number of hydrogen-bond acceptors (Lipinski definition) is 4. The highest BCUT2D eigenvalue weighted by Crippen LogP contribution is 2.26. The second-order valence-corrected chi connectivity index (χ2v) is 5.83. The molecule has 7 heteroatoms. The molecule has 1 saturated heterocycles. The average molecular weight is 285 g/mol. The molecule has 2 rings (SSSR count). The van der Waals surface area contributed by atoms with Gasteiger partial charge in [0.1, 0.15) is 6.04 Å². The lowest BCUT2D eigenvalue weighted by molar-refractivity contribution is -0.141. The van der Waals surface area contributed by atoms with Gasteiger partial charge in [0.2, 0.25) is 0 Å². The monoisotopic (exact) mass is 285 g/mol. The van der Waals surface area contributed by atoms with Crippen LogP contribution in [0.5, 0.6) is 0 Å². The molecule has 7 nitrogen and oxygen atoms in total. The Hall–Kier alpha value is -1.34. The van der Waals surface area contributed by atoms with E-state index >= 15 is 0 Å². The molecule has 0 aromatic rings. The van der Waals surface area contributed by atoms with E-state index in [-0.39, 0.29) is 19.0 Å². The number of β-amino-alcohol motifs (C(OH)–C–C–N with tert-alkyl or cyclic N) is 1. The minimum atomic E-state index is -1.07. The van der Waals surface area contributed by atoms with Gasteiger partial charge in [-0.25, -0.2) is 9.59 Å². The van der Waals surface area contributed by atoms with Crippen LogP contribution in [0, 0.1) is 0 Å². The van der Waals surface area contributed by atoms with Crippen LogP contribution in [0.4, 0.5) is 4.79 Å². The molecule has 2 amide bonds. The largest absolute Gasteiger partial charge is 0.480 e. The van der Waals surface area contributed by atoms with Crippen LogP contribution in [0.25, 0.3) is 0 Å². The van der Waals surface area contributed by atoms with Gasteiger partial charge in [0, 0.05) is 31.6 Å².